The number of hydrogen-bond acceptors (Lipinski definition) is 5. The third-order valence-corrected chi connectivity index (χ3v) is 4.15. The molecule has 0 aliphatic heterocycles. The van der Waals surface area contributed by atoms with Crippen LogP contribution in [-0.2, 0) is 4.79 Å². The fraction of sp³-hybridized carbons (Fsp3) is 0.200. The van der Waals surface area contributed by atoms with Crippen LogP contribution in [0.5, 0.6) is 0 Å². The molecule has 2 amide bonds. The number of carbonyl (C=O) groups is 2. The van der Waals surface area contributed by atoms with Crippen LogP contribution in [0.2, 0.25) is 0 Å². The summed E-state index contributed by atoms with van der Waals surface area (Å²) in [5, 5.41) is 9.49. The van der Waals surface area contributed by atoms with Gasteiger partial charge in [0.2, 0.25) is 5.91 Å². The van der Waals surface area contributed by atoms with E-state index in [1.807, 2.05) is 32.0 Å². The first-order valence-electron chi connectivity index (χ1n) is 7.00. The molecule has 23 heavy (non-hydrogen) atoms. The number of fused-ring (bicyclic) bond motifs is 1. The summed E-state index contributed by atoms with van der Waals surface area (Å²) in [6.07, 6.45) is 1.76. The average molecular weight is 329 g/mol. The van der Waals surface area contributed by atoms with Gasteiger partial charge in [-0.15, -0.1) is 0 Å². The summed E-state index contributed by atoms with van der Waals surface area (Å²) >= 11 is 1.33. The van der Waals surface area contributed by atoms with Gasteiger partial charge in [0.25, 0.3) is 5.91 Å². The lowest BCUT2D eigenvalue weighted by Gasteiger charge is -2.06. The molecule has 8 heteroatoms. The number of hydrogen-bond donors (Lipinski definition) is 2. The summed E-state index contributed by atoms with van der Waals surface area (Å²) in [6.45, 7) is 3.59. The van der Waals surface area contributed by atoms with Crippen molar-refractivity contribution in [3.8, 4) is 0 Å². The van der Waals surface area contributed by atoms with Crippen LogP contribution in [0.15, 0.2) is 30.5 Å². The van der Waals surface area contributed by atoms with E-state index in [-0.39, 0.29) is 24.1 Å². The van der Waals surface area contributed by atoms with Gasteiger partial charge in [0.15, 0.2) is 5.69 Å². The van der Waals surface area contributed by atoms with E-state index < -0.39 is 0 Å². The van der Waals surface area contributed by atoms with Crippen LogP contribution in [0.4, 0.5) is 5.69 Å². The van der Waals surface area contributed by atoms with Crippen molar-refractivity contribution in [2.75, 3.05) is 11.9 Å². The van der Waals surface area contributed by atoms with Crippen LogP contribution in [0.1, 0.15) is 21.1 Å². The normalized spacial score (nSPS) is 10.7. The largest absolute Gasteiger partial charge is 0.342 e. The fourth-order valence-corrected chi connectivity index (χ4v) is 2.80. The van der Waals surface area contributed by atoms with E-state index in [1.165, 1.54) is 11.5 Å². The van der Waals surface area contributed by atoms with Gasteiger partial charge >= 0.3 is 0 Å². The minimum absolute atomic E-state index is 0.124. The molecule has 0 unspecified atom stereocenters. The van der Waals surface area contributed by atoms with Crippen LogP contribution < -0.4 is 10.6 Å². The molecule has 0 saturated heterocycles. The van der Waals surface area contributed by atoms with E-state index in [2.05, 4.69) is 20.1 Å². The molecule has 0 aliphatic carbocycles. The van der Waals surface area contributed by atoms with Crippen LogP contribution in [-0.4, -0.2) is 32.3 Å². The van der Waals surface area contributed by atoms with Crippen LogP contribution in [0.3, 0.4) is 0 Å². The average Bonchev–Trinajstić information content (AvgIpc) is 3.11. The number of anilines is 1. The second-order valence-corrected chi connectivity index (χ2v) is 6.01. The Hall–Kier alpha value is -2.74. The third-order valence-electron chi connectivity index (χ3n) is 3.31. The lowest BCUT2D eigenvalue weighted by atomic mass is 10.3. The third kappa shape index (κ3) is 3.21. The Balaban J connectivity index is 1.61. The summed E-state index contributed by atoms with van der Waals surface area (Å²) in [5.41, 5.74) is 2.57. The minimum Gasteiger partial charge on any atom is -0.342 e. The first-order valence-corrected chi connectivity index (χ1v) is 7.77. The molecular formula is C15H15N5O2S. The van der Waals surface area contributed by atoms with E-state index in [1.54, 1.807) is 16.8 Å². The Morgan fingerprint density at radius 1 is 1.30 bits per heavy atom. The van der Waals surface area contributed by atoms with Gasteiger partial charge in [-0.25, -0.2) is 4.52 Å². The summed E-state index contributed by atoms with van der Waals surface area (Å²) in [7, 11) is 0. The molecule has 3 aromatic heterocycles. The predicted octanol–water partition coefficient (Wildman–Crippen LogP) is 1.78. The molecule has 0 radical (unpaired) electrons. The molecule has 0 bridgehead atoms. The molecular weight excluding hydrogens is 314 g/mol. The minimum atomic E-state index is -0.388. The molecule has 3 heterocycles. The maximum absolute atomic E-state index is 12.1. The number of amides is 2. The van der Waals surface area contributed by atoms with Crippen molar-refractivity contribution in [1.82, 2.24) is 19.3 Å². The second kappa shape index (κ2) is 6.17. The molecule has 3 aromatic rings. The Kier molecular flexibility index (Phi) is 4.07. The topological polar surface area (TPSA) is 88.4 Å². The van der Waals surface area contributed by atoms with Crippen molar-refractivity contribution in [3.63, 3.8) is 0 Å². The van der Waals surface area contributed by atoms with E-state index >= 15 is 0 Å². The zero-order valence-corrected chi connectivity index (χ0v) is 13.5. The van der Waals surface area contributed by atoms with Crippen molar-refractivity contribution >= 4 is 34.6 Å². The van der Waals surface area contributed by atoms with Crippen molar-refractivity contribution in [1.29, 1.82) is 0 Å². The summed E-state index contributed by atoms with van der Waals surface area (Å²) in [6, 6.07) is 7.22. The number of nitrogens with one attached hydrogen (secondary N) is 2. The van der Waals surface area contributed by atoms with Gasteiger partial charge in [0.1, 0.15) is 0 Å². The summed E-state index contributed by atoms with van der Waals surface area (Å²) in [4.78, 5) is 25.0. The molecule has 0 fully saturated rings. The van der Waals surface area contributed by atoms with E-state index in [9.17, 15) is 9.59 Å². The number of carbonyl (C=O) groups excluding carboxylic acids is 2. The highest BCUT2D eigenvalue weighted by atomic mass is 32.1. The van der Waals surface area contributed by atoms with Crippen molar-refractivity contribution in [3.05, 3.63) is 46.7 Å². The highest BCUT2D eigenvalue weighted by Crippen LogP contribution is 2.22. The number of rotatable bonds is 4. The number of aryl methyl sites for hydroxylation is 2. The molecule has 7 nitrogen and oxygen atoms in total. The molecule has 118 valence electrons. The van der Waals surface area contributed by atoms with Crippen molar-refractivity contribution < 1.29 is 9.59 Å². The predicted molar refractivity (Wildman–Crippen MR) is 87.7 cm³/mol. The second-order valence-electron chi connectivity index (χ2n) is 5.03. The van der Waals surface area contributed by atoms with E-state index in [4.69, 9.17) is 0 Å². The van der Waals surface area contributed by atoms with Crippen LogP contribution in [0, 0.1) is 13.8 Å². The van der Waals surface area contributed by atoms with Gasteiger partial charge in [-0.3, -0.25) is 9.59 Å². The Bertz CT molecular complexity index is 831. The maximum atomic E-state index is 12.1. The molecule has 2 N–H and O–H groups in total. The highest BCUT2D eigenvalue weighted by Gasteiger charge is 2.14. The summed E-state index contributed by atoms with van der Waals surface area (Å²) < 4.78 is 5.77. The quantitative estimate of drug-likeness (QED) is 0.763. The van der Waals surface area contributed by atoms with Gasteiger partial charge in [-0.1, -0.05) is 6.07 Å². The Labute approximate surface area is 136 Å². The van der Waals surface area contributed by atoms with E-state index in [0.29, 0.717) is 5.69 Å². The monoisotopic (exact) mass is 329 g/mol. The number of pyridine rings is 1. The fourth-order valence-electron chi connectivity index (χ4n) is 2.15. The highest BCUT2D eigenvalue weighted by molar-refractivity contribution is 7.06. The zero-order valence-electron chi connectivity index (χ0n) is 12.7. The summed E-state index contributed by atoms with van der Waals surface area (Å²) in [5.74, 6) is -0.686. The molecule has 0 atom stereocenters. The zero-order chi connectivity index (χ0) is 16.4. The lowest BCUT2D eigenvalue weighted by Crippen LogP contribution is -2.33. The smallest absolute Gasteiger partial charge is 0.272 e. The van der Waals surface area contributed by atoms with Crippen molar-refractivity contribution in [2.45, 2.75) is 13.8 Å². The number of aromatic nitrogens is 3. The first-order chi connectivity index (χ1) is 11.0. The van der Waals surface area contributed by atoms with Gasteiger partial charge in [0.05, 0.1) is 23.4 Å². The Morgan fingerprint density at radius 2 is 2.13 bits per heavy atom. The SMILES string of the molecule is Cc1nsc(C)c1NC(=O)CNC(=O)c1cc2ccccn2n1. The molecule has 0 saturated carbocycles. The molecule has 0 aromatic carbocycles. The Morgan fingerprint density at radius 3 is 2.83 bits per heavy atom. The maximum Gasteiger partial charge on any atom is 0.272 e. The first kappa shape index (κ1) is 15.2. The van der Waals surface area contributed by atoms with Crippen LogP contribution >= 0.6 is 11.5 Å². The molecule has 3 rings (SSSR count). The number of nitrogens with zero attached hydrogens (tertiary/aromatic N) is 3. The van der Waals surface area contributed by atoms with Gasteiger partial charge in [-0.2, -0.15) is 9.47 Å². The van der Waals surface area contributed by atoms with Gasteiger partial charge < -0.3 is 10.6 Å². The van der Waals surface area contributed by atoms with Gasteiger partial charge in [0, 0.05) is 11.1 Å². The standard InChI is InChI=1S/C15H15N5O2S/c1-9-14(10(2)23-19-9)17-13(21)8-16-15(22)12-7-11-5-3-4-6-20(11)18-12/h3-7H,8H2,1-2H3,(H,16,22)(H,17,21). The molecule has 0 aliphatic rings. The lowest BCUT2D eigenvalue weighted by molar-refractivity contribution is -0.115. The van der Waals surface area contributed by atoms with Crippen molar-refractivity contribution in [2.24, 2.45) is 0 Å². The molecule has 0 spiro atoms. The van der Waals surface area contributed by atoms with E-state index in [0.717, 1.165) is 16.1 Å². The van der Waals surface area contributed by atoms with Crippen LogP contribution in [0.25, 0.3) is 5.52 Å². The van der Waals surface area contributed by atoms with Gasteiger partial charge in [-0.05, 0) is 43.6 Å².